The molecule has 8 heteroatoms. The Labute approximate surface area is 153 Å². The minimum Gasteiger partial charge on any atom is -0.777 e. The second-order valence-corrected chi connectivity index (χ2v) is 5.52. The predicted molar refractivity (Wildman–Crippen MR) is 61.0 cm³/mol. The number of imide groups is 1. The van der Waals surface area contributed by atoms with Crippen LogP contribution in [-0.2, 0) is 9.09 Å². The molecule has 0 N–H and O–H groups in total. The van der Waals surface area contributed by atoms with Gasteiger partial charge < -0.3 is 14.0 Å². The van der Waals surface area contributed by atoms with E-state index in [0.717, 1.165) is 0 Å². The Balaban J connectivity index is 0.00000180. The zero-order chi connectivity index (χ0) is 13.3. The van der Waals surface area contributed by atoms with Crippen LogP contribution in [0, 0.1) is 0 Å². The van der Waals surface area contributed by atoms with Crippen LogP contribution in [0.15, 0.2) is 24.3 Å². The summed E-state index contributed by atoms with van der Waals surface area (Å²) in [5.41, 5.74) is 0.443. The van der Waals surface area contributed by atoms with Gasteiger partial charge in [0.2, 0.25) is 0 Å². The van der Waals surface area contributed by atoms with Gasteiger partial charge in [-0.15, -0.1) is 0 Å². The Morgan fingerprint density at radius 2 is 1.68 bits per heavy atom. The van der Waals surface area contributed by atoms with Crippen LogP contribution in [0.3, 0.4) is 0 Å². The van der Waals surface area contributed by atoms with E-state index in [1.165, 1.54) is 19.1 Å². The molecule has 96 valence electrons. The number of nitrogens with zero attached hydrogens (tertiary/aromatic N) is 1. The first-order chi connectivity index (χ1) is 8.46. The third-order valence-corrected chi connectivity index (χ3v) is 3.80. The summed E-state index contributed by atoms with van der Waals surface area (Å²) in [7, 11) is -4.21. The van der Waals surface area contributed by atoms with Gasteiger partial charge in [-0.2, -0.15) is 0 Å². The summed E-state index contributed by atoms with van der Waals surface area (Å²) in [6.45, 7) is 1.50. The number of benzene rings is 1. The number of carbonyl (C=O) groups excluding carboxylic acids is 2. The van der Waals surface area contributed by atoms with E-state index in [1.807, 2.05) is 0 Å². The van der Waals surface area contributed by atoms with Crippen molar-refractivity contribution in [2.75, 3.05) is 12.9 Å². The van der Waals surface area contributed by atoms with Gasteiger partial charge in [0.15, 0.2) is 7.60 Å². The molecule has 1 aromatic carbocycles. The molecule has 1 atom stereocenters. The van der Waals surface area contributed by atoms with Crippen molar-refractivity contribution in [1.82, 2.24) is 4.90 Å². The molecule has 0 bridgehead atoms. The van der Waals surface area contributed by atoms with Crippen molar-refractivity contribution in [3.8, 4) is 0 Å². The van der Waals surface area contributed by atoms with Gasteiger partial charge >= 0.3 is 51.4 Å². The van der Waals surface area contributed by atoms with Gasteiger partial charge in [-0.25, -0.2) is 0 Å². The summed E-state index contributed by atoms with van der Waals surface area (Å²) in [6.07, 6.45) is -0.729. The van der Waals surface area contributed by atoms with E-state index in [2.05, 4.69) is 4.52 Å². The summed E-state index contributed by atoms with van der Waals surface area (Å²) in [6, 6.07) is 6.22. The maximum absolute atomic E-state index is 11.9. The van der Waals surface area contributed by atoms with E-state index in [4.69, 9.17) is 0 Å². The monoisotopic (exact) mass is 307 g/mol. The topological polar surface area (TPSA) is 86.7 Å². The van der Waals surface area contributed by atoms with Gasteiger partial charge in [-0.3, -0.25) is 14.5 Å². The van der Waals surface area contributed by atoms with Crippen LogP contribution in [0.2, 0.25) is 0 Å². The molecule has 0 aliphatic carbocycles. The van der Waals surface area contributed by atoms with E-state index >= 15 is 0 Å². The van der Waals surface area contributed by atoms with Gasteiger partial charge in [0, 0.05) is 0 Å². The molecule has 0 saturated heterocycles. The fourth-order valence-electron chi connectivity index (χ4n) is 1.78. The van der Waals surface area contributed by atoms with Crippen molar-refractivity contribution in [3.63, 3.8) is 0 Å². The molecule has 2 amide bonds. The van der Waals surface area contributed by atoms with Crippen LogP contribution in [0.5, 0.6) is 0 Å². The molecule has 1 unspecified atom stereocenters. The summed E-state index contributed by atoms with van der Waals surface area (Å²) < 4.78 is 16.0. The van der Waals surface area contributed by atoms with Crippen molar-refractivity contribution in [2.24, 2.45) is 0 Å². The van der Waals surface area contributed by atoms with E-state index in [9.17, 15) is 19.0 Å². The first kappa shape index (κ1) is 17.2. The largest absolute Gasteiger partial charge is 1.00 e. The molecule has 0 spiro atoms. The zero-order valence-corrected chi connectivity index (χ0v) is 14.7. The standard InChI is InChI=1S/C11H12NO5P.K/c1-2-17-18(15,16)7-12-10(13)8-5-3-4-6-9(8)11(12)14;/h3-6H,2,7H2,1H3,(H,15,16);/q;+1/p-1. The second-order valence-electron chi connectivity index (χ2n) is 3.75. The average Bonchev–Trinajstić information content (AvgIpc) is 2.55. The second kappa shape index (κ2) is 6.73. The zero-order valence-electron chi connectivity index (χ0n) is 10.7. The van der Waals surface area contributed by atoms with Gasteiger partial charge in [-0.1, -0.05) is 12.1 Å². The SMILES string of the molecule is CCOP(=O)([O-])CN1C(=O)c2ccccc2C1=O.[K+]. The van der Waals surface area contributed by atoms with E-state index in [1.54, 1.807) is 12.1 Å². The van der Waals surface area contributed by atoms with Gasteiger partial charge in [0.1, 0.15) is 0 Å². The number of carbonyl (C=O) groups is 2. The molecule has 19 heavy (non-hydrogen) atoms. The summed E-state index contributed by atoms with van der Waals surface area (Å²) in [5, 5.41) is 0. The molecular formula is C11H11KNO5P. The first-order valence-corrected chi connectivity index (χ1v) is 7.09. The molecule has 1 heterocycles. The Morgan fingerprint density at radius 3 is 2.11 bits per heavy atom. The third kappa shape index (κ3) is 3.62. The van der Waals surface area contributed by atoms with Gasteiger partial charge in [0.25, 0.3) is 11.8 Å². The van der Waals surface area contributed by atoms with Crippen LogP contribution in [0.25, 0.3) is 0 Å². The minimum atomic E-state index is -4.21. The summed E-state index contributed by atoms with van der Waals surface area (Å²) in [4.78, 5) is 35.9. The van der Waals surface area contributed by atoms with Crippen molar-refractivity contribution in [1.29, 1.82) is 0 Å². The normalized spacial score (nSPS) is 16.8. The van der Waals surface area contributed by atoms with Crippen molar-refractivity contribution >= 4 is 19.4 Å². The molecule has 6 nitrogen and oxygen atoms in total. The maximum Gasteiger partial charge on any atom is 1.00 e. The van der Waals surface area contributed by atoms with Crippen LogP contribution in [-0.4, -0.2) is 29.6 Å². The van der Waals surface area contributed by atoms with Crippen molar-refractivity contribution in [3.05, 3.63) is 35.4 Å². The van der Waals surface area contributed by atoms with Crippen LogP contribution >= 0.6 is 7.60 Å². The van der Waals surface area contributed by atoms with Crippen molar-refractivity contribution in [2.45, 2.75) is 6.92 Å². The quantitative estimate of drug-likeness (QED) is 0.359. The predicted octanol–water partition coefficient (Wildman–Crippen LogP) is -2.17. The number of fused-ring (bicyclic) bond motifs is 1. The molecular weight excluding hydrogens is 296 g/mol. The van der Waals surface area contributed by atoms with Crippen LogP contribution in [0.4, 0.5) is 0 Å². The summed E-state index contributed by atoms with van der Waals surface area (Å²) in [5.74, 6) is -1.21. The smallest absolute Gasteiger partial charge is 0.777 e. The van der Waals surface area contributed by atoms with Crippen LogP contribution < -0.4 is 56.3 Å². The van der Waals surface area contributed by atoms with E-state index < -0.39 is 25.7 Å². The number of hydrogen-bond acceptors (Lipinski definition) is 5. The molecule has 0 saturated carbocycles. The number of amides is 2. The third-order valence-electron chi connectivity index (χ3n) is 2.52. The number of hydrogen-bond donors (Lipinski definition) is 0. The Bertz CT molecular complexity index is 527. The fraction of sp³-hybridized carbons (Fsp3) is 0.273. The van der Waals surface area contributed by atoms with Crippen molar-refractivity contribution < 1.29 is 75.0 Å². The number of rotatable bonds is 4. The van der Waals surface area contributed by atoms with E-state index in [0.29, 0.717) is 4.90 Å². The van der Waals surface area contributed by atoms with E-state index in [-0.39, 0.29) is 69.1 Å². The Kier molecular flexibility index (Phi) is 6.10. The van der Waals surface area contributed by atoms with Crippen LogP contribution in [0.1, 0.15) is 27.6 Å². The Morgan fingerprint density at radius 1 is 1.21 bits per heavy atom. The molecule has 2 rings (SSSR count). The first-order valence-electron chi connectivity index (χ1n) is 5.36. The molecule has 1 aromatic rings. The van der Waals surface area contributed by atoms with Gasteiger partial charge in [0.05, 0.1) is 24.0 Å². The molecule has 0 aromatic heterocycles. The minimum absolute atomic E-state index is 0. The molecule has 1 aliphatic rings. The average molecular weight is 307 g/mol. The fourth-order valence-corrected chi connectivity index (χ4v) is 2.86. The summed E-state index contributed by atoms with van der Waals surface area (Å²) >= 11 is 0. The molecule has 0 radical (unpaired) electrons. The maximum atomic E-state index is 11.9. The van der Waals surface area contributed by atoms with Gasteiger partial charge in [-0.05, 0) is 19.1 Å². The Hall–Kier alpha value is 0.146. The molecule has 0 fully saturated rings. The molecule has 1 aliphatic heterocycles.